The van der Waals surface area contributed by atoms with E-state index in [1.807, 2.05) is 12.1 Å². The third-order valence-electron chi connectivity index (χ3n) is 8.81. The Morgan fingerprint density at radius 3 is 1.94 bits per heavy atom. The van der Waals surface area contributed by atoms with Gasteiger partial charge < -0.3 is 14.6 Å². The van der Waals surface area contributed by atoms with E-state index >= 15 is 0 Å². The molecule has 0 aliphatic heterocycles. The summed E-state index contributed by atoms with van der Waals surface area (Å²) in [6.07, 6.45) is 3.10. The minimum Gasteiger partial charge on any atom is -0.402 e. The molecular formula is C28H40O3Si. The SMILES string of the molecule is C[C@H]1CCC[C@]2(O)[C@@H](O)[C@H](O[Si](c3ccccc3)(c3ccccc3)C(C)(C)C)CC[C@]12C. The number of aliphatic hydroxyl groups is 2. The van der Waals surface area contributed by atoms with E-state index in [0.717, 1.165) is 25.7 Å². The van der Waals surface area contributed by atoms with Crippen molar-refractivity contribution in [2.45, 2.75) is 89.6 Å². The fraction of sp³-hybridized carbons (Fsp3) is 0.571. The van der Waals surface area contributed by atoms with Crippen LogP contribution in [0.15, 0.2) is 60.7 Å². The zero-order chi connectivity index (χ0) is 23.2. The Labute approximate surface area is 195 Å². The summed E-state index contributed by atoms with van der Waals surface area (Å²) in [6.45, 7) is 11.2. The van der Waals surface area contributed by atoms with Gasteiger partial charge in [-0.3, -0.25) is 0 Å². The molecule has 174 valence electrons. The predicted octanol–water partition coefficient (Wildman–Crippen LogP) is 4.64. The van der Waals surface area contributed by atoms with Crippen LogP contribution in [-0.2, 0) is 4.43 Å². The molecule has 0 aromatic heterocycles. The van der Waals surface area contributed by atoms with E-state index in [0.29, 0.717) is 12.3 Å². The van der Waals surface area contributed by atoms with Gasteiger partial charge in [-0.15, -0.1) is 0 Å². The second-order valence-corrected chi connectivity index (χ2v) is 15.7. The topological polar surface area (TPSA) is 49.7 Å². The van der Waals surface area contributed by atoms with E-state index in [1.54, 1.807) is 0 Å². The molecule has 0 amide bonds. The monoisotopic (exact) mass is 452 g/mol. The molecule has 0 saturated heterocycles. The largest absolute Gasteiger partial charge is 0.402 e. The average molecular weight is 453 g/mol. The molecule has 0 radical (unpaired) electrons. The van der Waals surface area contributed by atoms with Crippen LogP contribution in [-0.4, -0.2) is 36.3 Å². The first-order valence-corrected chi connectivity index (χ1v) is 14.2. The molecule has 2 aliphatic carbocycles. The summed E-state index contributed by atoms with van der Waals surface area (Å²) in [5, 5.41) is 25.8. The van der Waals surface area contributed by atoms with Crippen molar-refractivity contribution in [1.82, 2.24) is 0 Å². The molecule has 0 unspecified atom stereocenters. The lowest BCUT2D eigenvalue weighted by molar-refractivity contribution is -0.240. The maximum Gasteiger partial charge on any atom is 0.261 e. The van der Waals surface area contributed by atoms with Crippen LogP contribution >= 0.6 is 0 Å². The first kappa shape index (κ1) is 23.7. The Balaban J connectivity index is 1.81. The van der Waals surface area contributed by atoms with Gasteiger partial charge in [0.2, 0.25) is 0 Å². The molecule has 32 heavy (non-hydrogen) atoms. The molecule has 5 atom stereocenters. The van der Waals surface area contributed by atoms with Crippen LogP contribution in [0.4, 0.5) is 0 Å². The summed E-state index contributed by atoms with van der Waals surface area (Å²) in [4.78, 5) is 0. The second-order valence-electron chi connectivity index (χ2n) is 11.4. The lowest BCUT2D eigenvalue weighted by Crippen LogP contribution is -2.72. The summed E-state index contributed by atoms with van der Waals surface area (Å²) in [5.41, 5.74) is -1.37. The number of hydrogen-bond acceptors (Lipinski definition) is 3. The number of hydrogen-bond donors (Lipinski definition) is 2. The van der Waals surface area contributed by atoms with Gasteiger partial charge in [-0.05, 0) is 47.0 Å². The molecule has 0 bridgehead atoms. The van der Waals surface area contributed by atoms with Crippen molar-refractivity contribution in [3.63, 3.8) is 0 Å². The highest BCUT2D eigenvalue weighted by Crippen LogP contribution is 2.56. The number of rotatable bonds is 4. The van der Waals surface area contributed by atoms with Crippen LogP contribution in [0.2, 0.25) is 5.04 Å². The Bertz CT molecular complexity index is 870. The molecular weight excluding hydrogens is 412 g/mol. The highest BCUT2D eigenvalue weighted by molar-refractivity contribution is 6.99. The summed E-state index contributed by atoms with van der Waals surface area (Å²) >= 11 is 0. The molecule has 3 nitrogen and oxygen atoms in total. The van der Waals surface area contributed by atoms with Crippen molar-refractivity contribution < 1.29 is 14.6 Å². The first-order valence-electron chi connectivity index (χ1n) is 12.3. The van der Waals surface area contributed by atoms with E-state index in [-0.39, 0.29) is 16.6 Å². The summed E-state index contributed by atoms with van der Waals surface area (Å²) < 4.78 is 7.25. The minimum absolute atomic E-state index is 0.154. The second kappa shape index (κ2) is 8.39. The number of benzene rings is 2. The molecule has 4 heteroatoms. The first-order chi connectivity index (χ1) is 15.1. The molecule has 2 fully saturated rings. The fourth-order valence-electron chi connectivity index (χ4n) is 6.61. The summed E-state index contributed by atoms with van der Waals surface area (Å²) in [7, 11) is -2.78. The van der Waals surface area contributed by atoms with E-state index in [2.05, 4.69) is 83.1 Å². The molecule has 2 aromatic carbocycles. The average Bonchev–Trinajstić information content (AvgIpc) is 2.77. The summed E-state index contributed by atoms with van der Waals surface area (Å²) in [5.74, 6) is 0.393. The number of aliphatic hydroxyl groups excluding tert-OH is 1. The third kappa shape index (κ3) is 3.51. The van der Waals surface area contributed by atoms with Gasteiger partial charge in [0.25, 0.3) is 8.32 Å². The van der Waals surface area contributed by atoms with Gasteiger partial charge in [-0.2, -0.15) is 0 Å². The van der Waals surface area contributed by atoms with E-state index in [4.69, 9.17) is 4.43 Å². The Kier molecular flexibility index (Phi) is 6.21. The van der Waals surface area contributed by atoms with Crippen molar-refractivity contribution in [3.8, 4) is 0 Å². The maximum absolute atomic E-state index is 11.9. The highest BCUT2D eigenvalue weighted by Gasteiger charge is 2.62. The van der Waals surface area contributed by atoms with E-state index in [1.165, 1.54) is 10.4 Å². The van der Waals surface area contributed by atoms with Crippen LogP contribution in [0.25, 0.3) is 0 Å². The molecule has 2 aliphatic rings. The van der Waals surface area contributed by atoms with Crippen LogP contribution in [0.5, 0.6) is 0 Å². The van der Waals surface area contributed by atoms with Gasteiger partial charge in [0.15, 0.2) is 0 Å². The van der Waals surface area contributed by atoms with Crippen molar-refractivity contribution in [1.29, 1.82) is 0 Å². The Morgan fingerprint density at radius 2 is 1.44 bits per heavy atom. The molecule has 0 spiro atoms. The zero-order valence-electron chi connectivity index (χ0n) is 20.3. The Hall–Kier alpha value is -1.46. The smallest absolute Gasteiger partial charge is 0.261 e. The van der Waals surface area contributed by atoms with Crippen molar-refractivity contribution in [2.75, 3.05) is 0 Å². The van der Waals surface area contributed by atoms with Gasteiger partial charge in [0.1, 0.15) is 6.10 Å². The molecule has 0 heterocycles. The standard InChI is InChI=1S/C28H40O3Si/c1-21-13-12-19-28(30)25(29)24(18-20-27(21,28)5)31-32(26(2,3)4,22-14-8-6-9-15-22)23-16-10-7-11-17-23/h6-11,14-17,21,24-25,29-30H,12-13,18-20H2,1-5H3/t21-,24+,25-,27+,28-/m0/s1. The van der Waals surface area contributed by atoms with Crippen LogP contribution in [0.3, 0.4) is 0 Å². The molecule has 2 N–H and O–H groups in total. The van der Waals surface area contributed by atoms with Crippen LogP contribution < -0.4 is 10.4 Å². The quantitative estimate of drug-likeness (QED) is 0.664. The lowest BCUT2D eigenvalue weighted by Gasteiger charge is -2.60. The zero-order valence-corrected chi connectivity index (χ0v) is 21.3. The van der Waals surface area contributed by atoms with Crippen molar-refractivity contribution >= 4 is 18.7 Å². The molecule has 2 aromatic rings. The predicted molar refractivity (Wildman–Crippen MR) is 134 cm³/mol. The third-order valence-corrected chi connectivity index (χ3v) is 13.9. The number of fused-ring (bicyclic) bond motifs is 1. The van der Waals surface area contributed by atoms with Crippen LogP contribution in [0, 0.1) is 11.3 Å². The van der Waals surface area contributed by atoms with Gasteiger partial charge in [0, 0.05) is 5.41 Å². The Morgan fingerprint density at radius 1 is 0.906 bits per heavy atom. The van der Waals surface area contributed by atoms with Gasteiger partial charge in [0.05, 0.1) is 11.7 Å². The molecule has 2 saturated carbocycles. The van der Waals surface area contributed by atoms with Gasteiger partial charge in [-0.1, -0.05) is 102 Å². The molecule has 4 rings (SSSR count). The van der Waals surface area contributed by atoms with Crippen molar-refractivity contribution in [2.24, 2.45) is 11.3 Å². The summed E-state index contributed by atoms with van der Waals surface area (Å²) in [6, 6.07) is 21.1. The van der Waals surface area contributed by atoms with Crippen LogP contribution in [0.1, 0.15) is 66.7 Å². The van der Waals surface area contributed by atoms with Gasteiger partial charge >= 0.3 is 0 Å². The normalized spacial score (nSPS) is 33.5. The fourth-order valence-corrected chi connectivity index (χ4v) is 11.3. The maximum atomic E-state index is 11.9. The minimum atomic E-state index is -2.78. The van der Waals surface area contributed by atoms with Gasteiger partial charge in [-0.25, -0.2) is 0 Å². The van der Waals surface area contributed by atoms with E-state index in [9.17, 15) is 10.2 Å². The van der Waals surface area contributed by atoms with E-state index < -0.39 is 20.0 Å². The highest BCUT2D eigenvalue weighted by atomic mass is 28.4. The lowest BCUT2D eigenvalue weighted by atomic mass is 9.52. The van der Waals surface area contributed by atoms with Crippen molar-refractivity contribution in [3.05, 3.63) is 60.7 Å².